The van der Waals surface area contributed by atoms with E-state index in [2.05, 4.69) is 11.4 Å². The number of carbonyl (C=O) groups is 1. The predicted molar refractivity (Wildman–Crippen MR) is 216 cm³/mol. The monoisotopic (exact) mass is 822 g/mol. The smallest absolute Gasteiger partial charge is 0.410 e. The lowest BCUT2D eigenvalue weighted by atomic mass is 9.90. The summed E-state index contributed by atoms with van der Waals surface area (Å²) in [7, 11) is 0. The molecule has 2 atom stereocenters. The molecule has 4 heterocycles. The quantitative estimate of drug-likeness (QED) is 0.207. The van der Waals surface area contributed by atoms with Crippen molar-refractivity contribution >= 4 is 29.3 Å². The Bertz CT molecular complexity index is 2100. The SMILES string of the molecule is CC(C)(C)OC(=O)N1CCC(Cc2cccc3c2OC(C)(c2ccc(Cl)cc2F)O3)CC1.CC1(c2ccc(Cl)cc2F)Oc2cccc(CC3CCNCC3)c2O1. The standard InChI is InChI=1S/C25H29ClFNO4.C20H21ClFNO2/c1-24(2,3)32-23(29)28-12-10-16(11-13-28)14-17-6-5-7-21-22(17)31-25(4,30-21)19-9-8-18(26)15-20(19)27;1-20(16-6-5-15(21)12-17(16)22)24-18-4-2-3-14(19(18)25-20)11-13-7-9-23-10-8-13/h5-9,15-16H,10-14H2,1-4H3;2-6,12-13,23H,7-11H2,1H3. The molecule has 0 aromatic heterocycles. The molecule has 8 nitrogen and oxygen atoms in total. The second-order valence-corrected chi connectivity index (χ2v) is 17.4. The van der Waals surface area contributed by atoms with Crippen molar-refractivity contribution in [2.24, 2.45) is 11.8 Å². The number of hydrogen-bond donors (Lipinski definition) is 1. The molecule has 2 saturated heterocycles. The molecule has 304 valence electrons. The highest BCUT2D eigenvalue weighted by Gasteiger charge is 2.43. The van der Waals surface area contributed by atoms with Gasteiger partial charge >= 0.3 is 6.09 Å². The summed E-state index contributed by atoms with van der Waals surface area (Å²) in [5.74, 6) is 0.365. The predicted octanol–water partition coefficient (Wildman–Crippen LogP) is 11.0. The van der Waals surface area contributed by atoms with Crippen molar-refractivity contribution in [1.29, 1.82) is 0 Å². The van der Waals surface area contributed by atoms with Gasteiger partial charge in [0.05, 0.1) is 11.1 Å². The number of nitrogens with one attached hydrogen (secondary N) is 1. The molecule has 8 rings (SSSR count). The summed E-state index contributed by atoms with van der Waals surface area (Å²) in [4.78, 5) is 14.1. The summed E-state index contributed by atoms with van der Waals surface area (Å²) in [5.41, 5.74) is 2.31. The Morgan fingerprint density at radius 2 is 1.19 bits per heavy atom. The molecule has 0 bridgehead atoms. The summed E-state index contributed by atoms with van der Waals surface area (Å²) in [6, 6.07) is 20.7. The van der Waals surface area contributed by atoms with Gasteiger partial charge in [-0.1, -0.05) is 47.5 Å². The van der Waals surface area contributed by atoms with Crippen LogP contribution >= 0.6 is 23.2 Å². The zero-order chi connectivity index (χ0) is 40.5. The lowest BCUT2D eigenvalue weighted by Gasteiger charge is -2.33. The van der Waals surface area contributed by atoms with Crippen LogP contribution in [0.1, 0.15) is 82.6 Å². The molecule has 0 saturated carbocycles. The van der Waals surface area contributed by atoms with E-state index in [9.17, 15) is 13.6 Å². The van der Waals surface area contributed by atoms with Crippen LogP contribution < -0.4 is 24.3 Å². The van der Waals surface area contributed by atoms with E-state index >= 15 is 0 Å². The Morgan fingerprint density at radius 1 is 0.737 bits per heavy atom. The lowest BCUT2D eigenvalue weighted by Crippen LogP contribution is -2.42. The van der Waals surface area contributed by atoms with Gasteiger partial charge in [-0.25, -0.2) is 13.6 Å². The molecule has 4 aliphatic heterocycles. The Hall–Kier alpha value is -4.25. The van der Waals surface area contributed by atoms with Crippen LogP contribution in [0, 0.1) is 23.5 Å². The summed E-state index contributed by atoms with van der Waals surface area (Å²) >= 11 is 11.8. The number of carbonyl (C=O) groups excluding carboxylic acids is 1. The van der Waals surface area contributed by atoms with Crippen molar-refractivity contribution in [1.82, 2.24) is 10.2 Å². The molecule has 4 aliphatic rings. The highest BCUT2D eigenvalue weighted by atomic mass is 35.5. The number of piperidine rings is 2. The summed E-state index contributed by atoms with van der Waals surface area (Å²) in [6.07, 6.45) is 5.58. The van der Waals surface area contributed by atoms with Gasteiger partial charge in [0, 0.05) is 37.0 Å². The number of likely N-dealkylation sites (tertiary alicyclic amines) is 1. The number of halogens is 4. The number of hydrogen-bond acceptors (Lipinski definition) is 7. The summed E-state index contributed by atoms with van der Waals surface area (Å²) in [6.45, 7) is 12.5. The van der Waals surface area contributed by atoms with Crippen LogP contribution in [0.3, 0.4) is 0 Å². The van der Waals surface area contributed by atoms with Crippen molar-refractivity contribution in [2.45, 2.75) is 90.3 Å². The minimum atomic E-state index is -1.26. The van der Waals surface area contributed by atoms with Gasteiger partial charge in [-0.05, 0) is 144 Å². The van der Waals surface area contributed by atoms with E-state index in [4.69, 9.17) is 46.9 Å². The second-order valence-electron chi connectivity index (χ2n) is 16.5. The van der Waals surface area contributed by atoms with Crippen molar-refractivity contribution in [3.63, 3.8) is 0 Å². The Morgan fingerprint density at radius 3 is 1.63 bits per heavy atom. The molecule has 0 radical (unpaired) electrons. The molecule has 57 heavy (non-hydrogen) atoms. The van der Waals surface area contributed by atoms with E-state index in [1.165, 1.54) is 12.1 Å². The lowest BCUT2D eigenvalue weighted by molar-refractivity contribution is -0.0715. The number of ether oxygens (including phenoxy) is 5. The molecule has 0 spiro atoms. The largest absolute Gasteiger partial charge is 0.444 e. The van der Waals surface area contributed by atoms with Crippen LogP contribution in [-0.4, -0.2) is 42.8 Å². The fourth-order valence-corrected chi connectivity index (χ4v) is 8.29. The van der Waals surface area contributed by atoms with E-state index in [1.54, 1.807) is 43.0 Å². The van der Waals surface area contributed by atoms with Crippen molar-refractivity contribution < 1.29 is 37.3 Å². The van der Waals surface area contributed by atoms with Crippen LogP contribution in [0.4, 0.5) is 13.6 Å². The van der Waals surface area contributed by atoms with Gasteiger partial charge in [0.15, 0.2) is 23.0 Å². The Labute approximate surface area is 343 Å². The van der Waals surface area contributed by atoms with Gasteiger partial charge < -0.3 is 33.9 Å². The fraction of sp³-hybridized carbons (Fsp3) is 0.444. The van der Waals surface area contributed by atoms with Gasteiger partial charge in [0.2, 0.25) is 0 Å². The molecular weight excluding hydrogens is 773 g/mol. The molecule has 4 aromatic carbocycles. The normalized spacial score (nSPS) is 21.9. The molecular formula is C45H50Cl2F2N2O6. The first-order chi connectivity index (χ1) is 27.1. The first-order valence-corrected chi connectivity index (χ1v) is 20.4. The average Bonchev–Trinajstić information content (AvgIpc) is 3.70. The van der Waals surface area contributed by atoms with Crippen LogP contribution in [0.2, 0.25) is 10.0 Å². The van der Waals surface area contributed by atoms with E-state index < -0.39 is 28.8 Å². The molecule has 1 amide bonds. The topological polar surface area (TPSA) is 78.5 Å². The second kappa shape index (κ2) is 16.5. The maximum Gasteiger partial charge on any atom is 0.410 e. The first-order valence-electron chi connectivity index (χ1n) is 19.7. The Balaban J connectivity index is 0.000000179. The third kappa shape index (κ3) is 9.40. The van der Waals surface area contributed by atoms with Gasteiger partial charge in [-0.2, -0.15) is 0 Å². The highest BCUT2D eigenvalue weighted by molar-refractivity contribution is 6.30. The van der Waals surface area contributed by atoms with Gasteiger partial charge in [0.1, 0.15) is 17.2 Å². The molecule has 4 aromatic rings. The van der Waals surface area contributed by atoms with Crippen LogP contribution in [0.15, 0.2) is 72.8 Å². The number of benzene rings is 4. The van der Waals surface area contributed by atoms with Crippen molar-refractivity contribution in [2.75, 3.05) is 26.2 Å². The summed E-state index contributed by atoms with van der Waals surface area (Å²) in [5, 5.41) is 4.07. The number of amides is 1. The van der Waals surface area contributed by atoms with Crippen LogP contribution in [0.25, 0.3) is 0 Å². The number of nitrogens with zero attached hydrogens (tertiary/aromatic N) is 1. The fourth-order valence-electron chi connectivity index (χ4n) is 7.98. The van der Waals surface area contributed by atoms with E-state index in [-0.39, 0.29) is 6.09 Å². The highest BCUT2D eigenvalue weighted by Crippen LogP contribution is 2.49. The van der Waals surface area contributed by atoms with Gasteiger partial charge in [-0.15, -0.1) is 0 Å². The third-order valence-electron chi connectivity index (χ3n) is 10.9. The zero-order valence-corrected chi connectivity index (χ0v) is 34.6. The van der Waals surface area contributed by atoms with Gasteiger partial charge in [0.25, 0.3) is 11.6 Å². The van der Waals surface area contributed by atoms with E-state index in [0.717, 1.165) is 68.5 Å². The maximum absolute atomic E-state index is 14.6. The molecule has 0 aliphatic carbocycles. The first kappa shape index (κ1) is 40.9. The molecule has 12 heteroatoms. The number of para-hydroxylation sites is 2. The minimum Gasteiger partial charge on any atom is -0.444 e. The van der Waals surface area contributed by atoms with Crippen LogP contribution in [-0.2, 0) is 29.2 Å². The maximum atomic E-state index is 14.6. The van der Waals surface area contributed by atoms with Crippen molar-refractivity contribution in [3.05, 3.63) is 117 Å². The minimum absolute atomic E-state index is 0.256. The average molecular weight is 824 g/mol. The van der Waals surface area contributed by atoms with E-state index in [0.29, 0.717) is 63.3 Å². The Kier molecular flexibility index (Phi) is 11.9. The zero-order valence-electron chi connectivity index (χ0n) is 33.1. The third-order valence-corrected chi connectivity index (χ3v) is 11.4. The van der Waals surface area contributed by atoms with E-state index in [1.807, 2.05) is 51.1 Å². The molecule has 2 unspecified atom stereocenters. The summed E-state index contributed by atoms with van der Waals surface area (Å²) < 4.78 is 58.9. The van der Waals surface area contributed by atoms with Crippen molar-refractivity contribution in [3.8, 4) is 23.0 Å². The number of rotatable bonds is 6. The van der Waals surface area contributed by atoms with Gasteiger partial charge in [-0.3, -0.25) is 0 Å². The van der Waals surface area contributed by atoms with Crippen LogP contribution in [0.5, 0.6) is 23.0 Å². The molecule has 1 N–H and O–H groups in total. The molecule has 2 fully saturated rings. The number of fused-ring (bicyclic) bond motifs is 2.